The fraction of sp³-hybridized carbons (Fsp3) is 0.714. The van der Waals surface area contributed by atoms with Crippen LogP contribution < -0.4 is 0 Å². The summed E-state index contributed by atoms with van der Waals surface area (Å²) in [5, 5.41) is 0. The molecule has 0 bridgehead atoms. The normalized spacial score (nSPS) is 15.3. The summed E-state index contributed by atoms with van der Waals surface area (Å²) < 4.78 is 48.0. The molecule has 0 saturated heterocycles. The molecule has 0 aliphatic rings. The minimum atomic E-state index is -4.53. The van der Waals surface area contributed by atoms with E-state index >= 15 is 0 Å². The topological polar surface area (TPSA) is 0 Å². The number of hydrogen-bond acceptors (Lipinski definition) is 0. The lowest BCUT2D eigenvalue weighted by Crippen LogP contribution is -2.17. The van der Waals surface area contributed by atoms with Gasteiger partial charge in [0.2, 0.25) is 0 Å². The first-order chi connectivity index (χ1) is 4.76. The van der Waals surface area contributed by atoms with E-state index in [4.69, 9.17) is 0 Å². The van der Waals surface area contributed by atoms with Crippen LogP contribution in [0.2, 0.25) is 0 Å². The fourth-order valence-corrected chi connectivity index (χ4v) is 0.920. The Kier molecular flexibility index (Phi) is 3.08. The van der Waals surface area contributed by atoms with E-state index in [2.05, 4.69) is 0 Å². The summed E-state index contributed by atoms with van der Waals surface area (Å²) >= 11 is 0. The van der Waals surface area contributed by atoms with Gasteiger partial charge in [-0.15, -0.1) is 0 Å². The van der Waals surface area contributed by atoms with Crippen LogP contribution in [0.3, 0.4) is 0 Å². The molecular formula is C7H10F4. The number of rotatable bonds is 1. The Hall–Kier alpha value is -0.540. The highest BCUT2D eigenvalue weighted by Crippen LogP contribution is 2.33. The van der Waals surface area contributed by atoms with E-state index in [-0.39, 0.29) is 0 Å². The predicted molar refractivity (Wildman–Crippen MR) is 34.7 cm³/mol. The van der Waals surface area contributed by atoms with E-state index in [1.54, 1.807) is 0 Å². The van der Waals surface area contributed by atoms with E-state index in [0.717, 1.165) is 6.92 Å². The molecule has 0 rings (SSSR count). The monoisotopic (exact) mass is 170 g/mol. The smallest absolute Gasteiger partial charge is 0.212 e. The maximum atomic E-state index is 12.3. The maximum Gasteiger partial charge on any atom is 0.415 e. The van der Waals surface area contributed by atoms with Crippen molar-refractivity contribution in [2.45, 2.75) is 26.9 Å². The van der Waals surface area contributed by atoms with Crippen molar-refractivity contribution in [3.8, 4) is 0 Å². The van der Waals surface area contributed by atoms with Crippen molar-refractivity contribution in [3.05, 3.63) is 11.4 Å². The van der Waals surface area contributed by atoms with Crippen molar-refractivity contribution in [3.63, 3.8) is 0 Å². The Morgan fingerprint density at radius 3 is 1.55 bits per heavy atom. The van der Waals surface area contributed by atoms with Crippen LogP contribution in [0.4, 0.5) is 17.6 Å². The zero-order valence-corrected chi connectivity index (χ0v) is 6.59. The molecule has 66 valence electrons. The van der Waals surface area contributed by atoms with Crippen molar-refractivity contribution in [2.75, 3.05) is 0 Å². The molecule has 0 nitrogen and oxygen atoms in total. The lowest BCUT2D eigenvalue weighted by Gasteiger charge is -2.14. The van der Waals surface area contributed by atoms with Crippen LogP contribution in [-0.4, -0.2) is 6.18 Å². The fourth-order valence-electron chi connectivity index (χ4n) is 0.920. The van der Waals surface area contributed by atoms with Crippen LogP contribution in [0.5, 0.6) is 0 Å². The molecule has 0 aliphatic carbocycles. The standard InChI is InChI=1S/C7H10F4/c1-4(2)6(5(3)8)7(9,10)11/h4H,1-3H3/b6-5+. The van der Waals surface area contributed by atoms with Gasteiger partial charge >= 0.3 is 6.18 Å². The van der Waals surface area contributed by atoms with E-state index in [9.17, 15) is 17.6 Å². The molecule has 0 aromatic carbocycles. The number of allylic oxidation sites excluding steroid dienone is 2. The summed E-state index contributed by atoms with van der Waals surface area (Å²) in [6.45, 7) is 3.45. The van der Waals surface area contributed by atoms with Gasteiger partial charge in [-0.2, -0.15) is 13.2 Å². The van der Waals surface area contributed by atoms with Crippen LogP contribution in [-0.2, 0) is 0 Å². The van der Waals surface area contributed by atoms with Crippen LogP contribution in [0.1, 0.15) is 20.8 Å². The van der Waals surface area contributed by atoms with E-state index in [1.807, 2.05) is 0 Å². The summed E-state index contributed by atoms with van der Waals surface area (Å²) in [4.78, 5) is 0. The van der Waals surface area contributed by atoms with Crippen LogP contribution in [0.15, 0.2) is 11.4 Å². The van der Waals surface area contributed by atoms with Crippen LogP contribution in [0.25, 0.3) is 0 Å². The van der Waals surface area contributed by atoms with E-state index in [1.165, 1.54) is 13.8 Å². The van der Waals surface area contributed by atoms with Gasteiger partial charge in [0.05, 0.1) is 5.57 Å². The van der Waals surface area contributed by atoms with Crippen molar-refractivity contribution in [1.82, 2.24) is 0 Å². The van der Waals surface area contributed by atoms with Gasteiger partial charge < -0.3 is 0 Å². The first-order valence-corrected chi connectivity index (χ1v) is 3.20. The highest BCUT2D eigenvalue weighted by atomic mass is 19.4. The molecule has 0 aromatic rings. The highest BCUT2D eigenvalue weighted by molar-refractivity contribution is 5.14. The number of alkyl halides is 3. The molecule has 0 aromatic heterocycles. The Morgan fingerprint density at radius 2 is 1.55 bits per heavy atom. The molecule has 0 heterocycles. The summed E-state index contributed by atoms with van der Waals surface area (Å²) in [5.41, 5.74) is -1.07. The third kappa shape index (κ3) is 2.91. The van der Waals surface area contributed by atoms with Gasteiger partial charge in [-0.25, -0.2) is 4.39 Å². The predicted octanol–water partition coefficient (Wildman–Crippen LogP) is 3.45. The van der Waals surface area contributed by atoms with E-state index in [0.29, 0.717) is 0 Å². The lowest BCUT2D eigenvalue weighted by molar-refractivity contribution is -0.0996. The van der Waals surface area contributed by atoms with Gasteiger partial charge in [0.15, 0.2) is 0 Å². The third-order valence-electron chi connectivity index (χ3n) is 1.25. The number of hydrogen-bond donors (Lipinski definition) is 0. The summed E-state index contributed by atoms with van der Waals surface area (Å²) in [6, 6.07) is 0. The van der Waals surface area contributed by atoms with Crippen molar-refractivity contribution in [2.24, 2.45) is 5.92 Å². The molecule has 0 aliphatic heterocycles. The van der Waals surface area contributed by atoms with Crippen LogP contribution >= 0.6 is 0 Å². The Bertz CT molecular complexity index is 160. The Morgan fingerprint density at radius 1 is 1.18 bits per heavy atom. The minimum Gasteiger partial charge on any atom is -0.212 e. The molecular weight excluding hydrogens is 160 g/mol. The second kappa shape index (κ2) is 3.24. The molecule has 0 atom stereocenters. The van der Waals surface area contributed by atoms with Crippen LogP contribution in [0, 0.1) is 5.92 Å². The van der Waals surface area contributed by atoms with Crippen molar-refractivity contribution < 1.29 is 17.6 Å². The zero-order valence-electron chi connectivity index (χ0n) is 6.59. The molecule has 11 heavy (non-hydrogen) atoms. The minimum absolute atomic E-state index is 0.819. The molecule has 0 unspecified atom stereocenters. The van der Waals surface area contributed by atoms with Gasteiger partial charge in [-0.05, 0) is 12.8 Å². The summed E-state index contributed by atoms with van der Waals surface area (Å²) in [6.07, 6.45) is -4.53. The second-order valence-corrected chi connectivity index (χ2v) is 2.60. The SMILES string of the molecule is C/C(F)=C(/C(C)C)C(F)(F)F. The molecule has 0 fully saturated rings. The average molecular weight is 170 g/mol. The zero-order chi connectivity index (χ0) is 9.23. The van der Waals surface area contributed by atoms with E-state index < -0.39 is 23.5 Å². The molecule has 0 amide bonds. The van der Waals surface area contributed by atoms with Gasteiger partial charge in [-0.1, -0.05) is 13.8 Å². The first kappa shape index (κ1) is 10.5. The molecule has 4 heteroatoms. The quantitative estimate of drug-likeness (QED) is 0.529. The Labute approximate surface area is 62.9 Å². The molecule has 0 radical (unpaired) electrons. The highest BCUT2D eigenvalue weighted by Gasteiger charge is 2.37. The van der Waals surface area contributed by atoms with Gasteiger partial charge in [-0.3, -0.25) is 0 Å². The second-order valence-electron chi connectivity index (χ2n) is 2.60. The largest absolute Gasteiger partial charge is 0.415 e. The maximum absolute atomic E-state index is 12.3. The van der Waals surface area contributed by atoms with Crippen molar-refractivity contribution in [1.29, 1.82) is 0 Å². The van der Waals surface area contributed by atoms with Crippen molar-refractivity contribution >= 4 is 0 Å². The Balaban J connectivity index is 4.80. The number of halogens is 4. The summed E-state index contributed by atoms with van der Waals surface area (Å²) in [7, 11) is 0. The van der Waals surface area contributed by atoms with Gasteiger partial charge in [0, 0.05) is 0 Å². The molecule has 0 N–H and O–H groups in total. The van der Waals surface area contributed by atoms with Gasteiger partial charge in [0.25, 0.3) is 0 Å². The third-order valence-corrected chi connectivity index (χ3v) is 1.25. The van der Waals surface area contributed by atoms with Gasteiger partial charge in [0.1, 0.15) is 5.83 Å². The lowest BCUT2D eigenvalue weighted by atomic mass is 10.0. The summed E-state index contributed by atoms with van der Waals surface area (Å²) in [5.74, 6) is -1.97. The molecule has 0 saturated carbocycles. The first-order valence-electron chi connectivity index (χ1n) is 3.20. The molecule has 0 spiro atoms. The average Bonchev–Trinajstić information content (AvgIpc) is 1.54.